The summed E-state index contributed by atoms with van der Waals surface area (Å²) < 4.78 is 4.89. The second-order valence-electron chi connectivity index (χ2n) is 5.07. The molecule has 104 valence electrons. The number of hydrogen-bond acceptors (Lipinski definition) is 5. The van der Waals surface area contributed by atoms with Gasteiger partial charge in [-0.3, -0.25) is 10.1 Å². The predicted molar refractivity (Wildman–Crippen MR) is 70.3 cm³/mol. The molecule has 0 spiro atoms. The van der Waals surface area contributed by atoms with Gasteiger partial charge in [0.2, 0.25) is 0 Å². The Morgan fingerprint density at radius 2 is 1.95 bits per heavy atom. The second-order valence-corrected chi connectivity index (χ2v) is 5.86. The first-order valence-corrected chi connectivity index (χ1v) is 6.21. The average Bonchev–Trinajstić information content (AvgIpc) is 2.19. The molecule has 0 heterocycles. The zero-order valence-electron chi connectivity index (χ0n) is 10.9. The fraction of sp³-hybridized carbons (Fsp3) is 0.417. The number of benzene rings is 1. The third kappa shape index (κ3) is 3.23. The summed E-state index contributed by atoms with van der Waals surface area (Å²) in [6.45, 7) is 7.24. The van der Waals surface area contributed by atoms with Gasteiger partial charge < -0.3 is 14.6 Å². The molecule has 0 aliphatic carbocycles. The van der Waals surface area contributed by atoms with Gasteiger partial charge in [0.05, 0.1) is 15.1 Å². The number of ether oxygens (including phenoxy) is 1. The topological polar surface area (TPSA) is 92.5 Å². The van der Waals surface area contributed by atoms with Crippen molar-refractivity contribution in [3.05, 3.63) is 31.8 Å². The minimum Gasteiger partial charge on any atom is -0.513 e. The highest BCUT2D eigenvalue weighted by Gasteiger charge is 2.27. The largest absolute Gasteiger partial charge is 0.513 e. The summed E-state index contributed by atoms with van der Waals surface area (Å²) in [4.78, 5) is 20.9. The highest BCUT2D eigenvalue weighted by molar-refractivity contribution is 9.10. The first-order valence-electron chi connectivity index (χ1n) is 5.42. The van der Waals surface area contributed by atoms with E-state index in [-0.39, 0.29) is 11.4 Å². The number of carbonyl (C=O) groups is 1. The van der Waals surface area contributed by atoms with E-state index in [1.165, 1.54) is 0 Å². The maximum absolute atomic E-state index is 10.9. The van der Waals surface area contributed by atoms with Crippen molar-refractivity contribution in [3.63, 3.8) is 0 Å². The van der Waals surface area contributed by atoms with Gasteiger partial charge in [-0.15, -0.1) is 0 Å². The van der Waals surface area contributed by atoms with Gasteiger partial charge in [0.15, 0.2) is 0 Å². The van der Waals surface area contributed by atoms with Crippen molar-refractivity contribution in [1.82, 2.24) is 0 Å². The summed E-state index contributed by atoms with van der Waals surface area (Å²) in [5, 5.41) is 21.5. The van der Waals surface area contributed by atoms with Gasteiger partial charge in [-0.2, -0.15) is 0 Å². The number of rotatable bonds is 2. The monoisotopic (exact) mass is 330 g/mol. The van der Waals surface area contributed by atoms with Gasteiger partial charge in [0.1, 0.15) is 0 Å². The third-order valence-corrected chi connectivity index (χ3v) is 3.58. The van der Waals surface area contributed by atoms with Crippen LogP contribution in [0.2, 0.25) is 0 Å². The molecule has 0 N–H and O–H groups in total. The minimum atomic E-state index is -1.75. The van der Waals surface area contributed by atoms with Crippen LogP contribution >= 0.6 is 15.9 Å². The highest BCUT2D eigenvalue weighted by atomic mass is 79.9. The molecule has 6 nitrogen and oxygen atoms in total. The summed E-state index contributed by atoms with van der Waals surface area (Å²) in [7, 11) is 0. The molecule has 0 aromatic heterocycles. The Morgan fingerprint density at radius 1 is 1.42 bits per heavy atom. The Kier molecular flexibility index (Phi) is 4.19. The third-order valence-electron chi connectivity index (χ3n) is 2.58. The van der Waals surface area contributed by atoms with Crippen LogP contribution in [0.4, 0.5) is 10.5 Å². The molecule has 0 aliphatic heterocycles. The Hall–Kier alpha value is -1.63. The van der Waals surface area contributed by atoms with Gasteiger partial charge in [-0.25, -0.2) is 0 Å². The standard InChI is InChI=1S/C12H14BrNO5/c1-6-9(12(2,3)4)8(19-11(15)16)5-7(10(6)13)14(17)18/h5H,1-4H3,(H,15,16)/p-1. The molecular weight excluding hydrogens is 318 g/mol. The molecule has 0 amide bonds. The van der Waals surface area contributed by atoms with Crippen molar-refractivity contribution in [1.29, 1.82) is 0 Å². The van der Waals surface area contributed by atoms with Crippen LogP contribution in [-0.2, 0) is 5.41 Å². The molecule has 0 unspecified atom stereocenters. The number of carbonyl (C=O) groups excluding carboxylic acids is 1. The zero-order chi connectivity index (χ0) is 15.0. The molecule has 0 saturated heterocycles. The van der Waals surface area contributed by atoms with E-state index in [1.807, 2.05) is 20.8 Å². The first-order chi connectivity index (χ1) is 8.55. The summed E-state index contributed by atoms with van der Waals surface area (Å²) in [6, 6.07) is 1.09. The average molecular weight is 331 g/mol. The van der Waals surface area contributed by atoms with E-state index in [4.69, 9.17) is 0 Å². The highest BCUT2D eigenvalue weighted by Crippen LogP contribution is 2.42. The van der Waals surface area contributed by atoms with Crippen LogP contribution in [-0.4, -0.2) is 11.1 Å². The van der Waals surface area contributed by atoms with E-state index in [0.29, 0.717) is 15.6 Å². The summed E-state index contributed by atoms with van der Waals surface area (Å²) in [5.41, 5.74) is 0.459. The lowest BCUT2D eigenvalue weighted by atomic mass is 9.83. The number of nitro benzene ring substituents is 1. The maximum atomic E-state index is 10.9. The lowest BCUT2D eigenvalue weighted by molar-refractivity contribution is -0.385. The number of nitro groups is 1. The molecular formula is C12H13BrNO5-. The van der Waals surface area contributed by atoms with Crippen LogP contribution < -0.4 is 9.84 Å². The van der Waals surface area contributed by atoms with E-state index >= 15 is 0 Å². The molecule has 0 saturated carbocycles. The quantitative estimate of drug-likeness (QED) is 0.359. The smallest absolute Gasteiger partial charge is 0.285 e. The summed E-state index contributed by atoms with van der Waals surface area (Å²) >= 11 is 3.16. The van der Waals surface area contributed by atoms with E-state index in [2.05, 4.69) is 20.7 Å². The van der Waals surface area contributed by atoms with Crippen molar-refractivity contribution in [3.8, 4) is 5.75 Å². The molecule has 19 heavy (non-hydrogen) atoms. The Labute approximate surface area is 118 Å². The van der Waals surface area contributed by atoms with Gasteiger partial charge in [0, 0.05) is 6.07 Å². The van der Waals surface area contributed by atoms with E-state index in [0.717, 1.165) is 6.07 Å². The SMILES string of the molecule is Cc1c(Br)c([N+](=O)[O-])cc(OC(=O)[O-])c1C(C)(C)C. The van der Waals surface area contributed by atoms with E-state index in [9.17, 15) is 20.0 Å². The molecule has 0 atom stereocenters. The van der Waals surface area contributed by atoms with Crippen molar-refractivity contribution in [2.45, 2.75) is 33.1 Å². The second kappa shape index (κ2) is 5.16. The zero-order valence-corrected chi connectivity index (χ0v) is 12.5. The minimum absolute atomic E-state index is 0.0695. The number of nitrogens with zero attached hydrogens (tertiary/aromatic N) is 1. The fourth-order valence-corrected chi connectivity index (χ4v) is 2.44. The van der Waals surface area contributed by atoms with Crippen molar-refractivity contribution >= 4 is 27.8 Å². The van der Waals surface area contributed by atoms with Crippen LogP contribution in [0.1, 0.15) is 31.9 Å². The Bertz CT molecular complexity index is 548. The first kappa shape index (κ1) is 15.4. The molecule has 0 aliphatic rings. The Morgan fingerprint density at radius 3 is 2.32 bits per heavy atom. The van der Waals surface area contributed by atoms with E-state index < -0.39 is 16.5 Å². The lowest BCUT2D eigenvalue weighted by Gasteiger charge is -2.27. The fourth-order valence-electron chi connectivity index (χ4n) is 1.98. The molecule has 0 bridgehead atoms. The molecule has 1 aromatic rings. The van der Waals surface area contributed by atoms with Crippen LogP contribution in [0, 0.1) is 17.0 Å². The van der Waals surface area contributed by atoms with Crippen LogP contribution in [0.25, 0.3) is 0 Å². The molecule has 7 heteroatoms. The van der Waals surface area contributed by atoms with Crippen molar-refractivity contribution in [2.75, 3.05) is 0 Å². The molecule has 1 rings (SSSR count). The van der Waals surface area contributed by atoms with Crippen LogP contribution in [0.5, 0.6) is 5.75 Å². The van der Waals surface area contributed by atoms with Gasteiger partial charge in [-0.1, -0.05) is 20.8 Å². The van der Waals surface area contributed by atoms with Gasteiger partial charge in [-0.05, 0) is 39.4 Å². The van der Waals surface area contributed by atoms with Crippen molar-refractivity contribution < 1.29 is 19.6 Å². The summed E-state index contributed by atoms with van der Waals surface area (Å²) in [6.07, 6.45) is -1.75. The van der Waals surface area contributed by atoms with Crippen molar-refractivity contribution in [2.24, 2.45) is 0 Å². The predicted octanol–water partition coefficient (Wildman–Crippen LogP) is 2.69. The van der Waals surface area contributed by atoms with Gasteiger partial charge >= 0.3 is 0 Å². The number of hydrogen-bond donors (Lipinski definition) is 0. The normalized spacial score (nSPS) is 11.2. The molecule has 0 radical (unpaired) electrons. The van der Waals surface area contributed by atoms with Crippen LogP contribution in [0.15, 0.2) is 10.5 Å². The number of halogens is 1. The molecule has 1 aromatic carbocycles. The Balaban J connectivity index is 3.65. The summed E-state index contributed by atoms with van der Waals surface area (Å²) in [5.74, 6) is -0.0695. The number of carboxylic acid groups (broad SMARTS) is 1. The molecule has 0 fully saturated rings. The van der Waals surface area contributed by atoms with Crippen LogP contribution in [0.3, 0.4) is 0 Å². The lowest BCUT2D eigenvalue weighted by Crippen LogP contribution is -2.28. The maximum Gasteiger partial charge on any atom is 0.285 e. The van der Waals surface area contributed by atoms with Gasteiger partial charge in [0.25, 0.3) is 11.8 Å². The van der Waals surface area contributed by atoms with E-state index in [1.54, 1.807) is 6.92 Å².